The van der Waals surface area contributed by atoms with Crippen LogP contribution in [0.2, 0.25) is 0 Å². The minimum atomic E-state index is -1.18. The van der Waals surface area contributed by atoms with Crippen LogP contribution in [0.5, 0.6) is 0 Å². The SMILES string of the molecule is O=C(O)CN(CC(=O)O)c1ccccc1N(CC(=O)O)Cc1ccccc1. The topological polar surface area (TPSA) is 118 Å². The highest BCUT2D eigenvalue weighted by atomic mass is 16.4. The highest BCUT2D eigenvalue weighted by Crippen LogP contribution is 2.30. The average molecular weight is 372 g/mol. The third-order valence-electron chi connectivity index (χ3n) is 3.76. The largest absolute Gasteiger partial charge is 0.480 e. The average Bonchev–Trinajstić information content (AvgIpc) is 2.60. The van der Waals surface area contributed by atoms with Gasteiger partial charge >= 0.3 is 17.9 Å². The number of carboxylic acids is 3. The lowest BCUT2D eigenvalue weighted by Crippen LogP contribution is -2.37. The molecular formula is C19H20N2O6. The van der Waals surface area contributed by atoms with Gasteiger partial charge in [0.05, 0.1) is 11.4 Å². The first-order chi connectivity index (χ1) is 12.9. The van der Waals surface area contributed by atoms with E-state index in [2.05, 4.69) is 0 Å². The predicted octanol–water partition coefficient (Wildman–Crippen LogP) is 1.75. The van der Waals surface area contributed by atoms with Crippen LogP contribution in [-0.2, 0) is 20.9 Å². The van der Waals surface area contributed by atoms with Gasteiger partial charge in [0.2, 0.25) is 0 Å². The number of para-hydroxylation sites is 2. The molecule has 0 spiro atoms. The van der Waals surface area contributed by atoms with Gasteiger partial charge in [0, 0.05) is 6.54 Å². The summed E-state index contributed by atoms with van der Waals surface area (Å²) in [5.74, 6) is -3.42. The van der Waals surface area contributed by atoms with Crippen LogP contribution in [0.4, 0.5) is 11.4 Å². The maximum atomic E-state index is 11.4. The van der Waals surface area contributed by atoms with Gasteiger partial charge in [0.15, 0.2) is 0 Å². The zero-order valence-corrected chi connectivity index (χ0v) is 14.5. The predicted molar refractivity (Wildman–Crippen MR) is 99.1 cm³/mol. The van der Waals surface area contributed by atoms with Crippen LogP contribution in [0.15, 0.2) is 54.6 Å². The molecule has 0 radical (unpaired) electrons. The first-order valence-electron chi connectivity index (χ1n) is 8.15. The molecule has 0 heterocycles. The number of hydrogen-bond acceptors (Lipinski definition) is 5. The van der Waals surface area contributed by atoms with E-state index in [1.54, 1.807) is 29.2 Å². The third kappa shape index (κ3) is 6.03. The Morgan fingerprint density at radius 3 is 1.52 bits per heavy atom. The number of carboxylic acid groups (broad SMARTS) is 3. The summed E-state index contributed by atoms with van der Waals surface area (Å²) in [5, 5.41) is 27.6. The first-order valence-corrected chi connectivity index (χ1v) is 8.15. The number of hydrogen-bond donors (Lipinski definition) is 3. The number of carbonyl (C=O) groups is 3. The fraction of sp³-hybridized carbons (Fsp3) is 0.211. The number of rotatable bonds is 10. The van der Waals surface area contributed by atoms with E-state index in [9.17, 15) is 19.5 Å². The fourth-order valence-corrected chi connectivity index (χ4v) is 2.75. The van der Waals surface area contributed by atoms with Crippen molar-refractivity contribution in [3.63, 3.8) is 0 Å². The standard InChI is InChI=1S/C19H20N2O6/c22-17(23)11-20(10-14-6-2-1-3-7-14)15-8-4-5-9-16(15)21(12-18(24)25)13-19(26)27/h1-9H,10-13H2,(H,22,23)(H,24,25)(H,26,27). The molecule has 0 saturated carbocycles. The summed E-state index contributed by atoms with van der Waals surface area (Å²) in [6, 6.07) is 15.8. The van der Waals surface area contributed by atoms with E-state index in [1.807, 2.05) is 30.3 Å². The Hall–Kier alpha value is -3.55. The molecule has 2 aromatic rings. The van der Waals surface area contributed by atoms with Crippen molar-refractivity contribution in [3.05, 3.63) is 60.2 Å². The van der Waals surface area contributed by atoms with Crippen molar-refractivity contribution in [1.29, 1.82) is 0 Å². The molecule has 3 N–H and O–H groups in total. The van der Waals surface area contributed by atoms with Gasteiger partial charge in [-0.25, -0.2) is 0 Å². The maximum Gasteiger partial charge on any atom is 0.323 e. The monoisotopic (exact) mass is 372 g/mol. The normalized spacial score (nSPS) is 10.2. The summed E-state index contributed by atoms with van der Waals surface area (Å²) in [7, 11) is 0. The van der Waals surface area contributed by atoms with Crippen LogP contribution < -0.4 is 9.80 Å². The van der Waals surface area contributed by atoms with Crippen LogP contribution in [0.1, 0.15) is 5.56 Å². The van der Waals surface area contributed by atoms with E-state index >= 15 is 0 Å². The Kier molecular flexibility index (Phi) is 6.76. The van der Waals surface area contributed by atoms with E-state index in [0.29, 0.717) is 11.4 Å². The van der Waals surface area contributed by atoms with Crippen LogP contribution in [-0.4, -0.2) is 52.9 Å². The van der Waals surface area contributed by atoms with Gasteiger partial charge in [-0.2, -0.15) is 0 Å². The molecule has 142 valence electrons. The van der Waals surface area contributed by atoms with E-state index in [4.69, 9.17) is 10.2 Å². The molecule has 0 aliphatic heterocycles. The van der Waals surface area contributed by atoms with Gasteiger partial charge in [-0.15, -0.1) is 0 Å². The van der Waals surface area contributed by atoms with E-state index in [-0.39, 0.29) is 13.1 Å². The van der Waals surface area contributed by atoms with Gasteiger partial charge in [-0.3, -0.25) is 14.4 Å². The Morgan fingerprint density at radius 1 is 0.630 bits per heavy atom. The van der Waals surface area contributed by atoms with Crippen LogP contribution in [0.25, 0.3) is 0 Å². The highest BCUT2D eigenvalue weighted by molar-refractivity contribution is 5.85. The van der Waals surface area contributed by atoms with Gasteiger partial charge < -0.3 is 25.1 Å². The summed E-state index contributed by atoms with van der Waals surface area (Å²) in [5.41, 5.74) is 1.67. The quantitative estimate of drug-likeness (QED) is 0.577. The molecular weight excluding hydrogens is 352 g/mol. The number of nitrogens with zero attached hydrogens (tertiary/aromatic N) is 2. The molecule has 0 atom stereocenters. The van der Waals surface area contributed by atoms with Gasteiger partial charge in [0.25, 0.3) is 0 Å². The molecule has 0 amide bonds. The molecule has 0 saturated heterocycles. The zero-order chi connectivity index (χ0) is 19.8. The second-order valence-corrected chi connectivity index (χ2v) is 5.87. The molecule has 2 aromatic carbocycles. The Morgan fingerprint density at radius 2 is 1.04 bits per heavy atom. The molecule has 27 heavy (non-hydrogen) atoms. The number of benzene rings is 2. The number of aliphatic carboxylic acids is 3. The summed E-state index contributed by atoms with van der Waals surface area (Å²) >= 11 is 0. The Balaban J connectivity index is 2.44. The van der Waals surface area contributed by atoms with Crippen LogP contribution in [0, 0.1) is 0 Å². The van der Waals surface area contributed by atoms with Crippen molar-refractivity contribution in [3.8, 4) is 0 Å². The van der Waals surface area contributed by atoms with Gasteiger partial charge in [0.1, 0.15) is 19.6 Å². The van der Waals surface area contributed by atoms with Crippen molar-refractivity contribution in [1.82, 2.24) is 0 Å². The Bertz CT molecular complexity index is 793. The summed E-state index contributed by atoms with van der Waals surface area (Å²) in [6.45, 7) is -1.08. The van der Waals surface area contributed by atoms with Gasteiger partial charge in [-0.05, 0) is 17.7 Å². The van der Waals surface area contributed by atoms with Crippen molar-refractivity contribution >= 4 is 29.3 Å². The smallest absolute Gasteiger partial charge is 0.323 e. The molecule has 0 aliphatic carbocycles. The maximum absolute atomic E-state index is 11.4. The van der Waals surface area contributed by atoms with Crippen molar-refractivity contribution < 1.29 is 29.7 Å². The summed E-state index contributed by atoms with van der Waals surface area (Å²) in [4.78, 5) is 36.5. The van der Waals surface area contributed by atoms with E-state index in [1.165, 1.54) is 4.90 Å². The zero-order valence-electron chi connectivity index (χ0n) is 14.5. The lowest BCUT2D eigenvalue weighted by molar-refractivity contribution is -0.137. The summed E-state index contributed by atoms with van der Waals surface area (Å²) in [6.07, 6.45) is 0. The molecule has 0 aliphatic rings. The molecule has 2 rings (SSSR count). The molecule has 0 unspecified atom stereocenters. The van der Waals surface area contributed by atoms with E-state index in [0.717, 1.165) is 5.56 Å². The number of anilines is 2. The molecule has 0 aromatic heterocycles. The molecule has 8 nitrogen and oxygen atoms in total. The van der Waals surface area contributed by atoms with Gasteiger partial charge in [-0.1, -0.05) is 42.5 Å². The molecule has 0 fully saturated rings. The van der Waals surface area contributed by atoms with Crippen molar-refractivity contribution in [2.24, 2.45) is 0 Å². The third-order valence-corrected chi connectivity index (χ3v) is 3.76. The van der Waals surface area contributed by atoms with Crippen molar-refractivity contribution in [2.75, 3.05) is 29.4 Å². The van der Waals surface area contributed by atoms with E-state index < -0.39 is 31.0 Å². The fourth-order valence-electron chi connectivity index (χ4n) is 2.75. The second-order valence-electron chi connectivity index (χ2n) is 5.87. The molecule has 8 heteroatoms. The lowest BCUT2D eigenvalue weighted by Gasteiger charge is -2.30. The summed E-state index contributed by atoms with van der Waals surface area (Å²) < 4.78 is 0. The van der Waals surface area contributed by atoms with Crippen molar-refractivity contribution in [2.45, 2.75) is 6.54 Å². The second kappa shape index (κ2) is 9.23. The minimum Gasteiger partial charge on any atom is -0.480 e. The van der Waals surface area contributed by atoms with Crippen LogP contribution in [0.3, 0.4) is 0 Å². The molecule has 0 bridgehead atoms. The minimum absolute atomic E-state index is 0.276. The first kappa shape index (κ1) is 19.8. The highest BCUT2D eigenvalue weighted by Gasteiger charge is 2.21. The lowest BCUT2D eigenvalue weighted by atomic mass is 10.1. The van der Waals surface area contributed by atoms with Crippen LogP contribution >= 0.6 is 0 Å². The Labute approximate surface area is 155 Å².